The van der Waals surface area contributed by atoms with E-state index in [9.17, 15) is 24.9 Å². The minimum absolute atomic E-state index is 0.103. The lowest BCUT2D eigenvalue weighted by Crippen LogP contribution is -2.25. The summed E-state index contributed by atoms with van der Waals surface area (Å²) in [6.45, 7) is 1.74. The van der Waals surface area contributed by atoms with Gasteiger partial charge in [-0.3, -0.25) is 4.79 Å². The Kier molecular flexibility index (Phi) is 4.50. The number of carboxylic acid groups (broad SMARTS) is 1. The van der Waals surface area contributed by atoms with E-state index in [1.54, 1.807) is 19.1 Å². The number of nitrogens with zero attached hydrogens (tertiary/aromatic N) is 1. The number of benzene rings is 1. The number of aromatic nitrogens is 1. The summed E-state index contributed by atoms with van der Waals surface area (Å²) in [6.07, 6.45) is 1.90. The number of aromatic hydroxyl groups is 2. The Morgan fingerprint density at radius 3 is 2.36 bits per heavy atom. The van der Waals surface area contributed by atoms with Crippen molar-refractivity contribution in [1.29, 1.82) is 0 Å². The maximum absolute atomic E-state index is 11.6. The van der Waals surface area contributed by atoms with Crippen LogP contribution >= 0.6 is 0 Å². The molecule has 22 heavy (non-hydrogen) atoms. The van der Waals surface area contributed by atoms with Crippen molar-refractivity contribution in [2.75, 3.05) is 0 Å². The Hall–Kier alpha value is -2.76. The predicted molar refractivity (Wildman–Crippen MR) is 80.2 cm³/mol. The number of pyridine rings is 1. The van der Waals surface area contributed by atoms with Gasteiger partial charge in [0.25, 0.3) is 0 Å². The molecule has 3 N–H and O–H groups in total. The van der Waals surface area contributed by atoms with Crippen LogP contribution in [0.25, 0.3) is 0 Å². The summed E-state index contributed by atoms with van der Waals surface area (Å²) in [5.41, 5.74) is 0.492. The van der Waals surface area contributed by atoms with Crippen molar-refractivity contribution in [3.05, 3.63) is 58.0 Å². The fraction of sp³-hybridized carbons (Fsp3) is 0.250. The zero-order valence-electron chi connectivity index (χ0n) is 12.1. The van der Waals surface area contributed by atoms with E-state index in [1.165, 1.54) is 22.9 Å². The molecule has 1 aromatic heterocycles. The first-order valence-corrected chi connectivity index (χ1v) is 6.87. The second kappa shape index (κ2) is 6.34. The molecule has 0 fully saturated rings. The van der Waals surface area contributed by atoms with Crippen LogP contribution in [0.1, 0.15) is 24.2 Å². The fourth-order valence-electron chi connectivity index (χ4n) is 2.38. The average Bonchev–Trinajstić information content (AvgIpc) is 2.49. The standard InChI is InChI=1S/C16H17NO5/c1-2-12-15(20)14(19)7-8-17(12)13(16(21)22)9-10-3-5-11(18)6-4-10/h3-8,13,18,20H,2,9H2,1H3,(H,21,22). The van der Waals surface area contributed by atoms with Crippen LogP contribution < -0.4 is 5.43 Å². The highest BCUT2D eigenvalue weighted by molar-refractivity contribution is 5.72. The molecule has 0 saturated heterocycles. The number of hydrogen-bond acceptors (Lipinski definition) is 4. The third-order valence-electron chi connectivity index (χ3n) is 3.53. The number of carboxylic acids is 1. The van der Waals surface area contributed by atoms with Crippen LogP contribution in [-0.2, 0) is 17.6 Å². The van der Waals surface area contributed by atoms with Crippen LogP contribution in [0.5, 0.6) is 11.5 Å². The molecule has 0 aliphatic heterocycles. The number of carbonyl (C=O) groups is 1. The molecule has 0 radical (unpaired) electrons. The summed E-state index contributed by atoms with van der Waals surface area (Å²) < 4.78 is 1.41. The topological polar surface area (TPSA) is 99.8 Å². The van der Waals surface area contributed by atoms with Crippen LogP contribution in [0.15, 0.2) is 41.3 Å². The van der Waals surface area contributed by atoms with Crippen molar-refractivity contribution in [2.24, 2.45) is 0 Å². The Balaban J connectivity index is 2.45. The van der Waals surface area contributed by atoms with Crippen LogP contribution in [-0.4, -0.2) is 25.9 Å². The highest BCUT2D eigenvalue weighted by Gasteiger charge is 2.23. The van der Waals surface area contributed by atoms with Gasteiger partial charge in [0.1, 0.15) is 11.8 Å². The molecule has 1 heterocycles. The third kappa shape index (κ3) is 3.11. The molecule has 116 valence electrons. The van der Waals surface area contributed by atoms with Gasteiger partial charge >= 0.3 is 5.97 Å². The van der Waals surface area contributed by atoms with E-state index in [1.807, 2.05) is 0 Å². The molecule has 0 bridgehead atoms. The first kappa shape index (κ1) is 15.6. The van der Waals surface area contributed by atoms with Crippen LogP contribution in [0.3, 0.4) is 0 Å². The lowest BCUT2D eigenvalue weighted by molar-refractivity contribution is -0.140. The highest BCUT2D eigenvalue weighted by atomic mass is 16.4. The summed E-state index contributed by atoms with van der Waals surface area (Å²) in [7, 11) is 0. The molecule has 0 spiro atoms. The monoisotopic (exact) mass is 303 g/mol. The van der Waals surface area contributed by atoms with Crippen molar-refractivity contribution in [3.63, 3.8) is 0 Å². The van der Waals surface area contributed by atoms with E-state index in [4.69, 9.17) is 0 Å². The number of hydrogen-bond donors (Lipinski definition) is 3. The molecule has 6 nitrogen and oxygen atoms in total. The van der Waals surface area contributed by atoms with Crippen molar-refractivity contribution in [1.82, 2.24) is 4.57 Å². The van der Waals surface area contributed by atoms with E-state index in [0.29, 0.717) is 12.1 Å². The normalized spacial score (nSPS) is 12.0. The molecule has 2 rings (SSSR count). The fourth-order valence-corrected chi connectivity index (χ4v) is 2.38. The van der Waals surface area contributed by atoms with Gasteiger partial charge in [0.15, 0.2) is 5.75 Å². The molecule has 1 aromatic carbocycles. The second-order valence-electron chi connectivity index (χ2n) is 4.96. The van der Waals surface area contributed by atoms with Gasteiger partial charge in [-0.05, 0) is 24.1 Å². The quantitative estimate of drug-likeness (QED) is 0.780. The van der Waals surface area contributed by atoms with Crippen molar-refractivity contribution in [2.45, 2.75) is 25.8 Å². The van der Waals surface area contributed by atoms with Crippen LogP contribution in [0.4, 0.5) is 0 Å². The minimum Gasteiger partial charge on any atom is -0.508 e. The van der Waals surface area contributed by atoms with Gasteiger partial charge in [-0.2, -0.15) is 0 Å². The summed E-state index contributed by atoms with van der Waals surface area (Å²) in [5.74, 6) is -1.38. The average molecular weight is 303 g/mol. The van der Waals surface area contributed by atoms with Crippen LogP contribution in [0, 0.1) is 0 Å². The zero-order chi connectivity index (χ0) is 16.3. The van der Waals surface area contributed by atoms with E-state index >= 15 is 0 Å². The Bertz CT molecular complexity index is 733. The van der Waals surface area contributed by atoms with Gasteiger partial charge < -0.3 is 19.9 Å². The van der Waals surface area contributed by atoms with E-state index in [2.05, 4.69) is 0 Å². The molecule has 6 heteroatoms. The molecular weight excluding hydrogens is 286 g/mol. The van der Waals surface area contributed by atoms with E-state index < -0.39 is 23.2 Å². The molecule has 0 aliphatic carbocycles. The minimum atomic E-state index is -1.06. The van der Waals surface area contributed by atoms with Gasteiger partial charge in [-0.1, -0.05) is 19.1 Å². The van der Waals surface area contributed by atoms with E-state index in [0.717, 1.165) is 11.6 Å². The second-order valence-corrected chi connectivity index (χ2v) is 4.96. The molecule has 1 atom stereocenters. The Morgan fingerprint density at radius 2 is 1.82 bits per heavy atom. The van der Waals surface area contributed by atoms with Gasteiger partial charge in [0.05, 0.1) is 5.69 Å². The van der Waals surface area contributed by atoms with E-state index in [-0.39, 0.29) is 12.2 Å². The Labute approximate surface area is 126 Å². The highest BCUT2D eigenvalue weighted by Crippen LogP contribution is 2.22. The van der Waals surface area contributed by atoms with Crippen molar-refractivity contribution >= 4 is 5.97 Å². The van der Waals surface area contributed by atoms with Gasteiger partial charge in [-0.25, -0.2) is 4.79 Å². The van der Waals surface area contributed by atoms with Crippen molar-refractivity contribution in [3.8, 4) is 11.5 Å². The first-order chi connectivity index (χ1) is 10.4. The molecular formula is C16H17NO5. The SMILES string of the molecule is CCc1c(O)c(=O)ccn1C(Cc1ccc(O)cc1)C(=O)O. The smallest absolute Gasteiger partial charge is 0.327 e. The van der Waals surface area contributed by atoms with Crippen LogP contribution in [0.2, 0.25) is 0 Å². The maximum Gasteiger partial charge on any atom is 0.327 e. The van der Waals surface area contributed by atoms with Gasteiger partial charge in [-0.15, -0.1) is 0 Å². The number of aliphatic carboxylic acids is 1. The summed E-state index contributed by atoms with van der Waals surface area (Å²) in [5, 5.41) is 28.6. The maximum atomic E-state index is 11.6. The number of phenols is 1. The third-order valence-corrected chi connectivity index (χ3v) is 3.53. The largest absolute Gasteiger partial charge is 0.508 e. The Morgan fingerprint density at radius 1 is 1.18 bits per heavy atom. The summed E-state index contributed by atoms with van der Waals surface area (Å²) >= 11 is 0. The summed E-state index contributed by atoms with van der Waals surface area (Å²) in [6, 6.07) is 6.45. The lowest BCUT2D eigenvalue weighted by atomic mass is 10.0. The molecule has 2 aromatic rings. The number of phenolic OH excluding ortho intramolecular Hbond substituents is 1. The number of rotatable bonds is 5. The first-order valence-electron chi connectivity index (χ1n) is 6.87. The predicted octanol–water partition coefficient (Wildman–Crippen LogP) is 1.69. The molecule has 0 aliphatic rings. The molecule has 1 unspecified atom stereocenters. The molecule has 0 amide bonds. The zero-order valence-corrected chi connectivity index (χ0v) is 12.1. The van der Waals surface area contributed by atoms with Crippen molar-refractivity contribution < 1.29 is 20.1 Å². The summed E-state index contributed by atoms with van der Waals surface area (Å²) in [4.78, 5) is 23.1. The molecule has 0 saturated carbocycles. The van der Waals surface area contributed by atoms with Gasteiger partial charge in [0, 0.05) is 18.7 Å². The van der Waals surface area contributed by atoms with Gasteiger partial charge in [0.2, 0.25) is 5.43 Å². The lowest BCUT2D eigenvalue weighted by Gasteiger charge is -2.21.